The van der Waals surface area contributed by atoms with Gasteiger partial charge in [-0.05, 0) is 28.1 Å². The first-order valence-electron chi connectivity index (χ1n) is 4.06. The Kier molecular flexibility index (Phi) is 3.60. The Morgan fingerprint density at radius 3 is 2.25 bits per heavy atom. The van der Waals surface area contributed by atoms with Crippen LogP contribution in [-0.2, 0) is 0 Å². The molecule has 1 aromatic rings. The molecule has 12 heavy (non-hydrogen) atoms. The van der Waals surface area contributed by atoms with Gasteiger partial charge in [-0.2, -0.15) is 0 Å². The van der Waals surface area contributed by atoms with Crippen LogP contribution >= 0.6 is 15.9 Å². The average molecular weight is 229 g/mol. The predicted molar refractivity (Wildman–Crippen MR) is 54.6 cm³/mol. The second-order valence-electron chi connectivity index (χ2n) is 3.03. The molecule has 0 aliphatic carbocycles. The molecular formula is C10H13BrO. The van der Waals surface area contributed by atoms with Crippen molar-refractivity contribution in [3.05, 3.63) is 30.3 Å². The molecule has 0 fully saturated rings. The van der Waals surface area contributed by atoms with Gasteiger partial charge in [-0.25, -0.2) is 0 Å². The highest BCUT2D eigenvalue weighted by Gasteiger charge is 2.09. The first kappa shape index (κ1) is 9.59. The molecule has 2 heteroatoms. The summed E-state index contributed by atoms with van der Waals surface area (Å²) >= 11 is 3.46. The molecule has 0 spiro atoms. The van der Waals surface area contributed by atoms with Gasteiger partial charge in [0.15, 0.2) is 5.01 Å². The van der Waals surface area contributed by atoms with Crippen LogP contribution in [0.1, 0.15) is 13.8 Å². The van der Waals surface area contributed by atoms with Gasteiger partial charge in [0.1, 0.15) is 5.75 Å². The highest BCUT2D eigenvalue weighted by Crippen LogP contribution is 2.18. The van der Waals surface area contributed by atoms with E-state index in [4.69, 9.17) is 4.74 Å². The van der Waals surface area contributed by atoms with Crippen molar-refractivity contribution >= 4 is 15.9 Å². The molecule has 0 saturated heterocycles. The van der Waals surface area contributed by atoms with E-state index in [1.807, 2.05) is 30.3 Å². The Labute approximate surface area is 81.9 Å². The van der Waals surface area contributed by atoms with Crippen LogP contribution in [0.3, 0.4) is 0 Å². The molecule has 1 aromatic carbocycles. The number of alkyl halides is 1. The SMILES string of the molecule is CC(C)C(Br)Oc1ccccc1. The van der Waals surface area contributed by atoms with Crippen LogP contribution < -0.4 is 4.74 Å². The number of ether oxygens (including phenoxy) is 1. The number of hydrogen-bond donors (Lipinski definition) is 0. The minimum Gasteiger partial charge on any atom is -0.479 e. The molecule has 0 aliphatic heterocycles. The van der Waals surface area contributed by atoms with E-state index in [0.29, 0.717) is 5.92 Å². The highest BCUT2D eigenvalue weighted by atomic mass is 79.9. The maximum absolute atomic E-state index is 5.59. The first-order chi connectivity index (χ1) is 5.70. The lowest BCUT2D eigenvalue weighted by Crippen LogP contribution is -2.14. The highest BCUT2D eigenvalue weighted by molar-refractivity contribution is 9.09. The topological polar surface area (TPSA) is 9.23 Å². The quantitative estimate of drug-likeness (QED) is 0.721. The molecule has 1 rings (SSSR count). The third-order valence-electron chi connectivity index (χ3n) is 1.52. The van der Waals surface area contributed by atoms with Crippen molar-refractivity contribution in [1.82, 2.24) is 0 Å². The van der Waals surface area contributed by atoms with Gasteiger partial charge in [0.2, 0.25) is 0 Å². The molecule has 0 amide bonds. The molecule has 1 nitrogen and oxygen atoms in total. The van der Waals surface area contributed by atoms with Gasteiger partial charge < -0.3 is 4.74 Å². The third-order valence-corrected chi connectivity index (χ3v) is 2.76. The molecule has 0 N–H and O–H groups in total. The summed E-state index contributed by atoms with van der Waals surface area (Å²) in [6, 6.07) is 9.82. The zero-order chi connectivity index (χ0) is 8.97. The summed E-state index contributed by atoms with van der Waals surface area (Å²) in [6.07, 6.45) is 0. The minimum absolute atomic E-state index is 0.0971. The zero-order valence-corrected chi connectivity index (χ0v) is 8.91. The van der Waals surface area contributed by atoms with E-state index in [-0.39, 0.29) is 5.01 Å². The summed E-state index contributed by atoms with van der Waals surface area (Å²) in [6.45, 7) is 4.23. The standard InChI is InChI=1S/C10H13BrO/c1-8(2)10(11)12-9-6-4-3-5-7-9/h3-8,10H,1-2H3. The van der Waals surface area contributed by atoms with Crippen molar-refractivity contribution in [2.75, 3.05) is 0 Å². The van der Waals surface area contributed by atoms with E-state index in [2.05, 4.69) is 29.8 Å². The second-order valence-corrected chi connectivity index (χ2v) is 3.93. The van der Waals surface area contributed by atoms with Gasteiger partial charge in [0.05, 0.1) is 0 Å². The van der Waals surface area contributed by atoms with Crippen molar-refractivity contribution in [2.24, 2.45) is 5.92 Å². The van der Waals surface area contributed by atoms with Crippen molar-refractivity contribution in [3.63, 3.8) is 0 Å². The molecule has 0 radical (unpaired) electrons. The fraction of sp³-hybridized carbons (Fsp3) is 0.400. The normalized spacial score (nSPS) is 13.0. The number of hydrogen-bond acceptors (Lipinski definition) is 1. The summed E-state index contributed by atoms with van der Waals surface area (Å²) in [4.78, 5) is 0. The van der Waals surface area contributed by atoms with Crippen LogP contribution in [0, 0.1) is 5.92 Å². The summed E-state index contributed by atoms with van der Waals surface area (Å²) in [7, 11) is 0. The van der Waals surface area contributed by atoms with Gasteiger partial charge in [-0.1, -0.05) is 32.0 Å². The molecule has 66 valence electrons. The van der Waals surface area contributed by atoms with Gasteiger partial charge >= 0.3 is 0 Å². The van der Waals surface area contributed by atoms with E-state index in [1.165, 1.54) is 0 Å². The van der Waals surface area contributed by atoms with Crippen molar-refractivity contribution in [3.8, 4) is 5.75 Å². The molecule has 1 atom stereocenters. The number of para-hydroxylation sites is 1. The lowest BCUT2D eigenvalue weighted by molar-refractivity contribution is 0.243. The average Bonchev–Trinajstić information content (AvgIpc) is 2.06. The molecule has 0 bridgehead atoms. The van der Waals surface area contributed by atoms with Crippen LogP contribution in [0.25, 0.3) is 0 Å². The molecular weight excluding hydrogens is 216 g/mol. The van der Waals surface area contributed by atoms with Gasteiger partial charge in [-0.3, -0.25) is 0 Å². The summed E-state index contributed by atoms with van der Waals surface area (Å²) in [5.74, 6) is 1.39. The lowest BCUT2D eigenvalue weighted by atomic mass is 10.2. The summed E-state index contributed by atoms with van der Waals surface area (Å²) < 4.78 is 5.59. The predicted octanol–water partition coefficient (Wildman–Crippen LogP) is 3.44. The summed E-state index contributed by atoms with van der Waals surface area (Å²) in [5.41, 5.74) is 0. The van der Waals surface area contributed by atoms with Gasteiger partial charge in [0.25, 0.3) is 0 Å². The maximum Gasteiger partial charge on any atom is 0.155 e. The van der Waals surface area contributed by atoms with E-state index in [0.717, 1.165) is 5.75 Å². The monoisotopic (exact) mass is 228 g/mol. The number of rotatable bonds is 3. The Bertz CT molecular complexity index is 221. The zero-order valence-electron chi connectivity index (χ0n) is 7.33. The van der Waals surface area contributed by atoms with Crippen LogP contribution in [0.2, 0.25) is 0 Å². The maximum atomic E-state index is 5.59. The van der Waals surface area contributed by atoms with E-state index in [9.17, 15) is 0 Å². The van der Waals surface area contributed by atoms with Crippen LogP contribution in [-0.4, -0.2) is 5.01 Å². The van der Waals surface area contributed by atoms with Gasteiger partial charge in [0, 0.05) is 5.92 Å². The van der Waals surface area contributed by atoms with E-state index in [1.54, 1.807) is 0 Å². The van der Waals surface area contributed by atoms with Gasteiger partial charge in [-0.15, -0.1) is 0 Å². The molecule has 0 heterocycles. The molecule has 1 unspecified atom stereocenters. The molecule has 0 aromatic heterocycles. The smallest absolute Gasteiger partial charge is 0.155 e. The Morgan fingerprint density at radius 2 is 1.75 bits per heavy atom. The Morgan fingerprint density at radius 1 is 1.17 bits per heavy atom. The lowest BCUT2D eigenvalue weighted by Gasteiger charge is -2.15. The van der Waals surface area contributed by atoms with Crippen molar-refractivity contribution in [2.45, 2.75) is 18.9 Å². The molecule has 0 saturated carbocycles. The summed E-state index contributed by atoms with van der Waals surface area (Å²) in [5, 5.41) is 0.0971. The Balaban J connectivity index is 2.53. The fourth-order valence-corrected chi connectivity index (χ4v) is 0.981. The van der Waals surface area contributed by atoms with Crippen molar-refractivity contribution in [1.29, 1.82) is 0 Å². The third kappa shape index (κ3) is 2.86. The second kappa shape index (κ2) is 4.51. The van der Waals surface area contributed by atoms with Crippen LogP contribution in [0.5, 0.6) is 5.75 Å². The molecule has 0 aliphatic rings. The van der Waals surface area contributed by atoms with E-state index < -0.39 is 0 Å². The van der Waals surface area contributed by atoms with Crippen LogP contribution in [0.4, 0.5) is 0 Å². The first-order valence-corrected chi connectivity index (χ1v) is 4.97. The minimum atomic E-state index is 0.0971. The Hall–Kier alpha value is -0.500. The van der Waals surface area contributed by atoms with E-state index >= 15 is 0 Å². The van der Waals surface area contributed by atoms with Crippen LogP contribution in [0.15, 0.2) is 30.3 Å². The largest absolute Gasteiger partial charge is 0.479 e. The number of halogens is 1. The van der Waals surface area contributed by atoms with Crippen molar-refractivity contribution < 1.29 is 4.74 Å². The fourth-order valence-electron chi connectivity index (χ4n) is 0.765. The number of benzene rings is 1.